The lowest BCUT2D eigenvalue weighted by Gasteiger charge is -2.33. The van der Waals surface area contributed by atoms with Gasteiger partial charge in [0.25, 0.3) is 0 Å². The first kappa shape index (κ1) is 17.9. The zero-order chi connectivity index (χ0) is 17.1. The van der Waals surface area contributed by atoms with E-state index in [1.165, 1.54) is 0 Å². The summed E-state index contributed by atoms with van der Waals surface area (Å²) in [5.74, 6) is -1.39. The molecule has 0 aliphatic heterocycles. The van der Waals surface area contributed by atoms with Crippen LogP contribution in [0.15, 0.2) is 18.2 Å². The fourth-order valence-electron chi connectivity index (χ4n) is 2.16. The number of hydrogen-bond donors (Lipinski definition) is 1. The highest BCUT2D eigenvalue weighted by molar-refractivity contribution is 5.80. The molecule has 0 bridgehead atoms. The van der Waals surface area contributed by atoms with Gasteiger partial charge in [0.1, 0.15) is 17.1 Å². The molecule has 1 amide bonds. The van der Waals surface area contributed by atoms with Crippen molar-refractivity contribution in [2.75, 3.05) is 0 Å². The Hall–Kier alpha value is -2.11. The van der Waals surface area contributed by atoms with E-state index in [4.69, 9.17) is 15.2 Å². The van der Waals surface area contributed by atoms with Crippen LogP contribution >= 0.6 is 0 Å². The molecule has 6 nitrogen and oxygen atoms in total. The van der Waals surface area contributed by atoms with Gasteiger partial charge in [0.05, 0.1) is 5.69 Å². The van der Waals surface area contributed by atoms with Gasteiger partial charge in [0, 0.05) is 5.69 Å². The van der Waals surface area contributed by atoms with E-state index in [2.05, 4.69) is 4.98 Å². The quantitative estimate of drug-likeness (QED) is 0.863. The molecule has 0 fully saturated rings. The summed E-state index contributed by atoms with van der Waals surface area (Å²) in [7, 11) is 0. The van der Waals surface area contributed by atoms with Crippen LogP contribution < -0.4 is 5.73 Å². The maximum Gasteiger partial charge on any atom is 0.405 e. The Morgan fingerprint density at radius 3 is 2.18 bits per heavy atom. The fourth-order valence-corrected chi connectivity index (χ4v) is 2.16. The van der Waals surface area contributed by atoms with Crippen molar-refractivity contribution >= 4 is 12.1 Å². The highest BCUT2D eigenvalue weighted by Crippen LogP contribution is 2.33. The van der Waals surface area contributed by atoms with E-state index in [-0.39, 0.29) is 0 Å². The van der Waals surface area contributed by atoms with Crippen molar-refractivity contribution in [3.8, 4) is 0 Å². The third kappa shape index (κ3) is 5.02. The van der Waals surface area contributed by atoms with E-state index >= 15 is 0 Å². The van der Waals surface area contributed by atoms with Crippen LogP contribution in [0.25, 0.3) is 0 Å². The molecule has 1 heterocycles. The van der Waals surface area contributed by atoms with Gasteiger partial charge >= 0.3 is 12.1 Å². The molecule has 1 aromatic rings. The predicted molar refractivity (Wildman–Crippen MR) is 82.3 cm³/mol. The van der Waals surface area contributed by atoms with Gasteiger partial charge in [-0.15, -0.1) is 0 Å². The minimum atomic E-state index is -1.19. The van der Waals surface area contributed by atoms with E-state index in [0.29, 0.717) is 5.69 Å². The Morgan fingerprint density at radius 2 is 1.73 bits per heavy atom. The van der Waals surface area contributed by atoms with Crippen molar-refractivity contribution in [2.24, 2.45) is 5.73 Å². The minimum Gasteiger partial charge on any atom is -0.459 e. The van der Waals surface area contributed by atoms with Crippen LogP contribution in [-0.2, 0) is 14.3 Å². The van der Waals surface area contributed by atoms with Gasteiger partial charge in [0.2, 0.25) is 0 Å². The molecule has 1 aromatic heterocycles. The highest BCUT2D eigenvalue weighted by Gasteiger charge is 2.43. The van der Waals surface area contributed by atoms with Crippen molar-refractivity contribution < 1.29 is 19.1 Å². The van der Waals surface area contributed by atoms with Crippen molar-refractivity contribution in [3.63, 3.8) is 0 Å². The predicted octanol–water partition coefficient (Wildman–Crippen LogP) is 2.69. The first-order valence-electron chi connectivity index (χ1n) is 7.07. The first-order chi connectivity index (χ1) is 9.92. The number of hydrogen-bond acceptors (Lipinski definition) is 5. The van der Waals surface area contributed by atoms with Gasteiger partial charge < -0.3 is 15.2 Å². The number of pyridine rings is 1. The summed E-state index contributed by atoms with van der Waals surface area (Å²) in [4.78, 5) is 28.1. The number of carbonyl (C=O) groups is 2. The molecule has 0 saturated carbocycles. The largest absolute Gasteiger partial charge is 0.459 e. The second kappa shape index (κ2) is 6.34. The van der Waals surface area contributed by atoms with Gasteiger partial charge in [-0.3, -0.25) is 9.78 Å². The molecule has 0 spiro atoms. The Bertz CT molecular complexity index is 562. The number of ether oxygens (including phenoxy) is 2. The standard InChI is InChI=1S/C16H24N2O4/c1-10-8-7-9-11(18-10)12(13(19)21-15(2,3)4)16(5,6)22-14(17)20/h7-9,12H,1-6H3,(H2,17,20). The lowest BCUT2D eigenvalue weighted by Crippen LogP contribution is -2.43. The number of aryl methyl sites for hydroxylation is 1. The molecule has 6 heteroatoms. The van der Waals surface area contributed by atoms with Crippen LogP contribution in [-0.4, -0.2) is 28.2 Å². The molecule has 122 valence electrons. The van der Waals surface area contributed by atoms with Crippen LogP contribution in [0, 0.1) is 6.92 Å². The van der Waals surface area contributed by atoms with E-state index < -0.39 is 29.2 Å². The number of aromatic nitrogens is 1. The molecular formula is C16H24N2O4. The molecule has 22 heavy (non-hydrogen) atoms. The second-order valence-electron chi connectivity index (χ2n) is 6.69. The van der Waals surface area contributed by atoms with Crippen molar-refractivity contribution in [1.82, 2.24) is 4.98 Å². The molecule has 0 saturated heterocycles. The van der Waals surface area contributed by atoms with Crippen LogP contribution in [0.4, 0.5) is 4.79 Å². The molecule has 0 radical (unpaired) electrons. The molecule has 0 aliphatic rings. The zero-order valence-corrected chi connectivity index (χ0v) is 14.0. The van der Waals surface area contributed by atoms with E-state index in [0.717, 1.165) is 5.69 Å². The number of rotatable bonds is 4. The maximum atomic E-state index is 12.6. The second-order valence-corrected chi connectivity index (χ2v) is 6.69. The van der Waals surface area contributed by atoms with Gasteiger partial charge in [0.15, 0.2) is 0 Å². The minimum absolute atomic E-state index is 0.473. The normalized spacial score (nSPS) is 13.4. The lowest BCUT2D eigenvalue weighted by atomic mass is 9.87. The molecule has 2 N–H and O–H groups in total. The van der Waals surface area contributed by atoms with Crippen LogP contribution in [0.5, 0.6) is 0 Å². The number of esters is 1. The average molecular weight is 308 g/mol. The maximum absolute atomic E-state index is 12.6. The first-order valence-corrected chi connectivity index (χ1v) is 7.07. The van der Waals surface area contributed by atoms with Gasteiger partial charge in [-0.2, -0.15) is 0 Å². The molecule has 0 aromatic carbocycles. The summed E-state index contributed by atoms with van der Waals surface area (Å²) in [5, 5.41) is 0. The summed E-state index contributed by atoms with van der Waals surface area (Å²) < 4.78 is 10.6. The highest BCUT2D eigenvalue weighted by atomic mass is 16.6. The molecular weight excluding hydrogens is 284 g/mol. The SMILES string of the molecule is Cc1cccc(C(C(=O)OC(C)(C)C)C(C)(C)OC(N)=O)n1. The number of amides is 1. The Balaban J connectivity index is 3.26. The van der Waals surface area contributed by atoms with Gasteiger partial charge in [-0.1, -0.05) is 6.07 Å². The zero-order valence-electron chi connectivity index (χ0n) is 14.0. The third-order valence-corrected chi connectivity index (χ3v) is 2.91. The number of nitrogens with two attached hydrogens (primary N) is 1. The smallest absolute Gasteiger partial charge is 0.405 e. The van der Waals surface area contributed by atoms with E-state index in [9.17, 15) is 9.59 Å². The van der Waals surface area contributed by atoms with E-state index in [1.54, 1.807) is 46.8 Å². The molecule has 0 aliphatic carbocycles. The monoisotopic (exact) mass is 308 g/mol. The number of primary amides is 1. The Kier molecular flexibility index (Phi) is 5.17. The van der Waals surface area contributed by atoms with Crippen molar-refractivity contribution in [3.05, 3.63) is 29.6 Å². The number of nitrogens with zero attached hydrogens (tertiary/aromatic N) is 1. The summed E-state index contributed by atoms with van der Waals surface area (Å²) in [6, 6.07) is 5.31. The van der Waals surface area contributed by atoms with Gasteiger partial charge in [-0.25, -0.2) is 4.79 Å². The van der Waals surface area contributed by atoms with Gasteiger partial charge in [-0.05, 0) is 53.7 Å². The topological polar surface area (TPSA) is 91.5 Å². The lowest BCUT2D eigenvalue weighted by molar-refractivity contribution is -0.162. The summed E-state index contributed by atoms with van der Waals surface area (Å²) >= 11 is 0. The summed E-state index contributed by atoms with van der Waals surface area (Å²) in [6.07, 6.45) is -0.953. The molecule has 1 rings (SSSR count). The number of carbonyl (C=O) groups excluding carboxylic acids is 2. The molecule has 1 unspecified atom stereocenters. The van der Waals surface area contributed by atoms with Crippen molar-refractivity contribution in [2.45, 2.75) is 58.7 Å². The van der Waals surface area contributed by atoms with Crippen LogP contribution in [0.3, 0.4) is 0 Å². The Labute approximate surface area is 131 Å². The summed E-state index contributed by atoms with van der Waals surface area (Å²) in [5.41, 5.74) is 4.49. The van der Waals surface area contributed by atoms with Crippen LogP contribution in [0.1, 0.15) is 51.9 Å². The van der Waals surface area contributed by atoms with E-state index in [1.807, 2.05) is 13.0 Å². The summed E-state index contributed by atoms with van der Waals surface area (Å²) in [6.45, 7) is 10.3. The average Bonchev–Trinajstić information content (AvgIpc) is 2.23. The Morgan fingerprint density at radius 1 is 1.14 bits per heavy atom. The van der Waals surface area contributed by atoms with Crippen LogP contribution in [0.2, 0.25) is 0 Å². The fraction of sp³-hybridized carbons (Fsp3) is 0.562. The molecule has 1 atom stereocenters. The van der Waals surface area contributed by atoms with Crippen molar-refractivity contribution in [1.29, 1.82) is 0 Å². The third-order valence-electron chi connectivity index (χ3n) is 2.91.